The average Bonchev–Trinajstić information content (AvgIpc) is 2.77. The van der Waals surface area contributed by atoms with E-state index in [1.807, 2.05) is 13.0 Å². The van der Waals surface area contributed by atoms with E-state index in [1.165, 1.54) is 19.1 Å². The Hall–Kier alpha value is -3.88. The summed E-state index contributed by atoms with van der Waals surface area (Å²) < 4.78 is 28.0. The number of amides is 2. The zero-order chi connectivity index (χ0) is 24.3. The molecule has 0 fully saturated rings. The first-order valence-corrected chi connectivity index (χ1v) is 10.3. The van der Waals surface area contributed by atoms with Crippen LogP contribution in [0.1, 0.15) is 32.4 Å². The smallest absolute Gasteiger partial charge is 0.267 e. The maximum Gasteiger partial charge on any atom is 0.267 e. The van der Waals surface area contributed by atoms with Gasteiger partial charge in [0.2, 0.25) is 11.8 Å². The molecule has 0 aliphatic heterocycles. The summed E-state index contributed by atoms with van der Waals surface area (Å²) in [7, 11) is 0. The molecular formula is C24H24F2N4O3. The van der Waals surface area contributed by atoms with Gasteiger partial charge in [-0.25, -0.2) is 13.5 Å². The number of nitrogens with one attached hydrogen (secondary N) is 2. The van der Waals surface area contributed by atoms with Crippen molar-refractivity contribution < 1.29 is 18.4 Å². The van der Waals surface area contributed by atoms with Gasteiger partial charge in [0.15, 0.2) is 0 Å². The van der Waals surface area contributed by atoms with Gasteiger partial charge in [-0.05, 0) is 43.7 Å². The normalized spacial score (nSPS) is 11.8. The molecule has 0 aliphatic carbocycles. The number of rotatable bonds is 6. The monoisotopic (exact) mass is 454 g/mol. The van der Waals surface area contributed by atoms with E-state index in [-0.39, 0.29) is 17.5 Å². The Balaban J connectivity index is 1.89. The van der Waals surface area contributed by atoms with E-state index in [2.05, 4.69) is 15.7 Å². The van der Waals surface area contributed by atoms with Crippen molar-refractivity contribution in [2.75, 3.05) is 10.6 Å². The van der Waals surface area contributed by atoms with E-state index >= 15 is 0 Å². The number of carbonyl (C=O) groups excluding carboxylic acids is 2. The molecule has 2 aromatic carbocycles. The van der Waals surface area contributed by atoms with Crippen molar-refractivity contribution in [1.82, 2.24) is 9.78 Å². The number of halogens is 2. The Morgan fingerprint density at radius 3 is 2.27 bits per heavy atom. The Bertz CT molecular complexity index is 1270. The number of hydrogen-bond donors (Lipinski definition) is 2. The van der Waals surface area contributed by atoms with E-state index in [9.17, 15) is 23.2 Å². The van der Waals surface area contributed by atoms with E-state index in [4.69, 9.17) is 0 Å². The van der Waals surface area contributed by atoms with Crippen LogP contribution < -0.4 is 16.2 Å². The maximum atomic E-state index is 13.9. The number of anilines is 2. The van der Waals surface area contributed by atoms with Crippen LogP contribution in [-0.4, -0.2) is 21.6 Å². The summed E-state index contributed by atoms with van der Waals surface area (Å²) in [5.74, 6) is -2.72. The lowest BCUT2D eigenvalue weighted by Crippen LogP contribution is -2.33. The molecule has 9 heteroatoms. The molecule has 172 valence electrons. The fraction of sp³-hybridized carbons (Fsp3) is 0.250. The van der Waals surface area contributed by atoms with Crippen LogP contribution in [0.2, 0.25) is 0 Å². The molecule has 0 spiro atoms. The fourth-order valence-corrected chi connectivity index (χ4v) is 2.99. The van der Waals surface area contributed by atoms with Gasteiger partial charge >= 0.3 is 0 Å². The number of benzene rings is 2. The van der Waals surface area contributed by atoms with Crippen molar-refractivity contribution >= 4 is 23.2 Å². The van der Waals surface area contributed by atoms with Crippen molar-refractivity contribution in [3.8, 4) is 11.3 Å². The second-order valence-electron chi connectivity index (χ2n) is 7.96. The van der Waals surface area contributed by atoms with E-state index < -0.39 is 29.1 Å². The largest absolute Gasteiger partial charge is 0.326 e. The summed E-state index contributed by atoms with van der Waals surface area (Å²) in [6.07, 6.45) is 0. The van der Waals surface area contributed by atoms with E-state index in [0.29, 0.717) is 23.0 Å². The molecule has 2 amide bonds. The van der Waals surface area contributed by atoms with Crippen LogP contribution in [0.15, 0.2) is 53.3 Å². The number of aromatic nitrogens is 2. The van der Waals surface area contributed by atoms with Crippen LogP contribution in [0.5, 0.6) is 0 Å². The summed E-state index contributed by atoms with van der Waals surface area (Å²) >= 11 is 0. The molecule has 1 heterocycles. The van der Waals surface area contributed by atoms with Gasteiger partial charge < -0.3 is 10.6 Å². The van der Waals surface area contributed by atoms with Crippen LogP contribution in [0.3, 0.4) is 0 Å². The zero-order valence-corrected chi connectivity index (χ0v) is 18.6. The minimum atomic E-state index is -1.08. The number of carbonyl (C=O) groups is 2. The number of nitrogens with zero attached hydrogens (tertiary/aromatic N) is 2. The zero-order valence-electron chi connectivity index (χ0n) is 18.6. The lowest BCUT2D eigenvalue weighted by molar-refractivity contribution is -0.119. The van der Waals surface area contributed by atoms with Crippen molar-refractivity contribution in [2.24, 2.45) is 5.92 Å². The first kappa shape index (κ1) is 23.8. The Labute approximate surface area is 189 Å². The minimum absolute atomic E-state index is 0.133. The lowest BCUT2D eigenvalue weighted by atomic mass is 10.1. The highest BCUT2D eigenvalue weighted by Gasteiger charge is 2.20. The molecule has 0 radical (unpaired) electrons. The SMILES string of the molecule is Cc1ccc(-c2ccc(=O)n([C@@H](C)C(=O)Nc3ccc(F)cc3F)n2)cc1NC(=O)C(C)C. The van der Waals surface area contributed by atoms with Gasteiger partial charge in [0.25, 0.3) is 5.56 Å². The standard InChI is InChI=1S/C24H24F2N4O3/c1-13(2)23(32)28-21-11-16(6-5-14(21)3)19-9-10-22(31)30(29-19)15(4)24(33)27-20-8-7-17(25)12-18(20)26/h5-13,15H,1-4H3,(H,27,33)(H,28,32)/t15-/m0/s1. The molecule has 0 bridgehead atoms. The highest BCUT2D eigenvalue weighted by Crippen LogP contribution is 2.24. The van der Waals surface area contributed by atoms with Crippen molar-refractivity contribution in [1.29, 1.82) is 0 Å². The molecule has 1 atom stereocenters. The second kappa shape index (κ2) is 9.72. The molecule has 33 heavy (non-hydrogen) atoms. The number of aryl methyl sites for hydroxylation is 1. The third-order valence-corrected chi connectivity index (χ3v) is 5.08. The topological polar surface area (TPSA) is 93.1 Å². The van der Waals surface area contributed by atoms with Gasteiger partial charge in [0.1, 0.15) is 17.7 Å². The van der Waals surface area contributed by atoms with Gasteiger partial charge in [0.05, 0.1) is 11.4 Å². The molecule has 0 saturated heterocycles. The third-order valence-electron chi connectivity index (χ3n) is 5.08. The molecule has 0 saturated carbocycles. The Kier molecular flexibility index (Phi) is 7.01. The highest BCUT2D eigenvalue weighted by atomic mass is 19.1. The van der Waals surface area contributed by atoms with Gasteiger partial charge in [-0.15, -0.1) is 0 Å². The average molecular weight is 454 g/mol. The maximum absolute atomic E-state index is 13.9. The lowest BCUT2D eigenvalue weighted by Gasteiger charge is -2.16. The summed E-state index contributed by atoms with van der Waals surface area (Å²) in [5.41, 5.74) is 1.77. The quantitative estimate of drug-likeness (QED) is 0.581. The third kappa shape index (κ3) is 5.49. The molecule has 0 aliphatic rings. The molecular weight excluding hydrogens is 430 g/mol. The Morgan fingerprint density at radius 1 is 0.909 bits per heavy atom. The molecule has 2 N–H and O–H groups in total. The molecule has 1 aromatic heterocycles. The van der Waals surface area contributed by atoms with Gasteiger partial charge in [-0.3, -0.25) is 14.4 Å². The van der Waals surface area contributed by atoms with Crippen LogP contribution >= 0.6 is 0 Å². The summed E-state index contributed by atoms with van der Waals surface area (Å²) in [6, 6.07) is 9.82. The highest BCUT2D eigenvalue weighted by molar-refractivity contribution is 5.94. The van der Waals surface area contributed by atoms with Crippen LogP contribution in [0.4, 0.5) is 20.2 Å². The van der Waals surface area contributed by atoms with E-state index in [0.717, 1.165) is 22.4 Å². The van der Waals surface area contributed by atoms with Gasteiger partial charge in [-0.1, -0.05) is 26.0 Å². The van der Waals surface area contributed by atoms with Crippen LogP contribution in [0, 0.1) is 24.5 Å². The van der Waals surface area contributed by atoms with Crippen LogP contribution in [0.25, 0.3) is 11.3 Å². The van der Waals surface area contributed by atoms with Crippen molar-refractivity contribution in [3.63, 3.8) is 0 Å². The van der Waals surface area contributed by atoms with Crippen molar-refractivity contribution in [2.45, 2.75) is 33.7 Å². The predicted octanol–water partition coefficient (Wildman–Crippen LogP) is 4.29. The van der Waals surface area contributed by atoms with Crippen molar-refractivity contribution in [3.05, 3.63) is 76.1 Å². The summed E-state index contributed by atoms with van der Waals surface area (Å²) in [5, 5.41) is 9.51. The molecule has 0 unspecified atom stereocenters. The molecule has 7 nitrogen and oxygen atoms in total. The second-order valence-corrected chi connectivity index (χ2v) is 7.96. The first-order valence-electron chi connectivity index (χ1n) is 10.3. The molecule has 3 aromatic rings. The Morgan fingerprint density at radius 2 is 1.61 bits per heavy atom. The summed E-state index contributed by atoms with van der Waals surface area (Å²) in [6.45, 7) is 6.87. The van der Waals surface area contributed by atoms with Gasteiger partial charge in [-0.2, -0.15) is 5.10 Å². The first-order chi connectivity index (χ1) is 15.6. The van der Waals surface area contributed by atoms with E-state index in [1.54, 1.807) is 26.0 Å². The van der Waals surface area contributed by atoms with Crippen LogP contribution in [-0.2, 0) is 9.59 Å². The predicted molar refractivity (Wildman–Crippen MR) is 122 cm³/mol. The number of hydrogen-bond acceptors (Lipinski definition) is 4. The molecule has 3 rings (SSSR count). The van der Waals surface area contributed by atoms with Gasteiger partial charge in [0, 0.05) is 29.3 Å². The summed E-state index contributed by atoms with van der Waals surface area (Å²) in [4.78, 5) is 37.1. The minimum Gasteiger partial charge on any atom is -0.326 e. The fourth-order valence-electron chi connectivity index (χ4n) is 2.99.